The third kappa shape index (κ3) is 6.06. The minimum Gasteiger partial charge on any atom is -0.344 e. The zero-order chi connectivity index (χ0) is 26.4. The Kier molecular flexibility index (Phi) is 8.76. The molecule has 11 nitrogen and oxygen atoms in total. The van der Waals surface area contributed by atoms with E-state index in [-0.39, 0.29) is 45.9 Å². The summed E-state index contributed by atoms with van der Waals surface area (Å²) in [5, 5.41) is 16.6. The number of aryl methyl sites for hydroxylation is 1. The lowest BCUT2D eigenvalue weighted by molar-refractivity contribution is -0.136. The van der Waals surface area contributed by atoms with Crippen LogP contribution in [0.25, 0.3) is 5.82 Å². The first-order valence-corrected chi connectivity index (χ1v) is 11.7. The average molecular weight is 575 g/mol. The number of benzene rings is 1. The number of hydroxylamine groups is 1. The summed E-state index contributed by atoms with van der Waals surface area (Å²) in [6.07, 6.45) is 1.51. The molecule has 3 amide bonds. The fourth-order valence-electron chi connectivity index (χ4n) is 3.09. The fraction of sp³-hybridized carbons (Fsp3) is 0.217. The van der Waals surface area contributed by atoms with Crippen molar-refractivity contribution in [3.63, 3.8) is 0 Å². The van der Waals surface area contributed by atoms with Crippen LogP contribution < -0.4 is 10.8 Å². The van der Waals surface area contributed by atoms with Crippen LogP contribution >= 0.6 is 27.5 Å². The molecule has 0 spiro atoms. The molecule has 0 aliphatic rings. The van der Waals surface area contributed by atoms with Gasteiger partial charge in [0.05, 0.1) is 27.9 Å². The summed E-state index contributed by atoms with van der Waals surface area (Å²) in [6, 6.07) is 9.53. The number of anilines is 1. The number of nitrogens with one attached hydrogen (secondary N) is 2. The Labute approximate surface area is 220 Å². The highest BCUT2D eigenvalue weighted by atomic mass is 79.9. The number of carbonyl (C=O) groups is 3. The number of hydrogen-bond acceptors (Lipinski definition) is 7. The molecule has 0 saturated carbocycles. The van der Waals surface area contributed by atoms with Crippen molar-refractivity contribution in [3.8, 4) is 11.9 Å². The molecule has 0 fully saturated rings. The highest BCUT2D eigenvalue weighted by Crippen LogP contribution is 2.26. The number of carbonyl (C=O) groups excluding carboxylic acids is 3. The number of nitriles is 1. The Morgan fingerprint density at radius 3 is 2.69 bits per heavy atom. The summed E-state index contributed by atoms with van der Waals surface area (Å²) in [4.78, 5) is 48.8. The van der Waals surface area contributed by atoms with Crippen LogP contribution in [0.2, 0.25) is 5.02 Å². The second kappa shape index (κ2) is 11.8. The molecule has 3 rings (SSSR count). The van der Waals surface area contributed by atoms with Crippen molar-refractivity contribution in [1.82, 2.24) is 25.1 Å². The van der Waals surface area contributed by atoms with Gasteiger partial charge in [0, 0.05) is 25.9 Å². The Hall–Kier alpha value is -3.79. The van der Waals surface area contributed by atoms with E-state index in [4.69, 9.17) is 16.4 Å². The van der Waals surface area contributed by atoms with Crippen molar-refractivity contribution in [2.24, 2.45) is 0 Å². The van der Waals surface area contributed by atoms with E-state index in [0.29, 0.717) is 16.7 Å². The van der Waals surface area contributed by atoms with Gasteiger partial charge in [0.15, 0.2) is 12.4 Å². The van der Waals surface area contributed by atoms with Crippen LogP contribution in [0.1, 0.15) is 38.9 Å². The lowest BCUT2D eigenvalue weighted by atomic mass is 10.0. The maximum absolute atomic E-state index is 13.3. The van der Waals surface area contributed by atoms with Crippen molar-refractivity contribution >= 4 is 50.9 Å². The monoisotopic (exact) mass is 573 g/mol. The molecule has 0 bridgehead atoms. The van der Waals surface area contributed by atoms with Gasteiger partial charge in [-0.05, 0) is 59.6 Å². The standard InChI is InChI=1S/C23H21BrClN7O4/c1-4-31(3)19(33)12-36-30-22(34)15-9-14(11-26)8-13(2)20(15)28-23(35)17-10-18(24)29-32(17)21-16(25)6-5-7-27-21/h5-10H,4,12H2,1-3H3,(H,28,35)(H,30,34). The smallest absolute Gasteiger partial charge is 0.277 e. The molecule has 2 aromatic heterocycles. The van der Waals surface area contributed by atoms with Crippen molar-refractivity contribution in [1.29, 1.82) is 5.26 Å². The Morgan fingerprint density at radius 1 is 1.28 bits per heavy atom. The highest BCUT2D eigenvalue weighted by Gasteiger charge is 2.23. The second-order valence-corrected chi connectivity index (χ2v) is 8.70. The molecule has 0 radical (unpaired) electrons. The van der Waals surface area contributed by atoms with Gasteiger partial charge in [-0.15, -0.1) is 0 Å². The van der Waals surface area contributed by atoms with E-state index >= 15 is 0 Å². The van der Waals surface area contributed by atoms with Crippen molar-refractivity contribution < 1.29 is 19.2 Å². The zero-order valence-corrected chi connectivity index (χ0v) is 21.8. The largest absolute Gasteiger partial charge is 0.344 e. The minimum atomic E-state index is -0.750. The van der Waals surface area contributed by atoms with Gasteiger partial charge in [0.2, 0.25) is 0 Å². The van der Waals surface area contributed by atoms with Gasteiger partial charge >= 0.3 is 0 Å². The molecule has 2 heterocycles. The summed E-state index contributed by atoms with van der Waals surface area (Å²) < 4.78 is 1.62. The van der Waals surface area contributed by atoms with E-state index in [0.717, 1.165) is 0 Å². The molecule has 36 heavy (non-hydrogen) atoms. The molecule has 186 valence electrons. The Morgan fingerprint density at radius 2 is 2.03 bits per heavy atom. The summed E-state index contributed by atoms with van der Waals surface area (Å²) in [5.74, 6) is -1.46. The maximum atomic E-state index is 13.3. The third-order valence-corrected chi connectivity index (χ3v) is 5.74. The number of rotatable bonds is 8. The van der Waals surface area contributed by atoms with Gasteiger partial charge < -0.3 is 10.2 Å². The summed E-state index contributed by atoms with van der Waals surface area (Å²) in [7, 11) is 1.60. The van der Waals surface area contributed by atoms with E-state index in [2.05, 4.69) is 36.8 Å². The molecule has 3 aromatic rings. The van der Waals surface area contributed by atoms with Gasteiger partial charge in [-0.1, -0.05) is 11.6 Å². The van der Waals surface area contributed by atoms with Gasteiger partial charge in [0.1, 0.15) is 10.3 Å². The van der Waals surface area contributed by atoms with Crippen LogP contribution in [0.15, 0.2) is 41.1 Å². The first-order chi connectivity index (χ1) is 17.2. The number of nitrogens with zero attached hydrogens (tertiary/aromatic N) is 5. The highest BCUT2D eigenvalue weighted by molar-refractivity contribution is 9.10. The van der Waals surface area contributed by atoms with Gasteiger partial charge in [0.25, 0.3) is 17.7 Å². The summed E-state index contributed by atoms with van der Waals surface area (Å²) in [6.45, 7) is 3.53. The molecule has 0 aliphatic heterocycles. The van der Waals surface area contributed by atoms with E-state index < -0.39 is 11.8 Å². The van der Waals surface area contributed by atoms with Crippen LogP contribution in [0, 0.1) is 18.3 Å². The van der Waals surface area contributed by atoms with Gasteiger partial charge in [-0.2, -0.15) is 10.4 Å². The Balaban J connectivity index is 1.90. The molecule has 0 saturated heterocycles. The quantitative estimate of drug-likeness (QED) is 0.393. The van der Waals surface area contributed by atoms with Crippen LogP contribution in [-0.4, -0.2) is 57.6 Å². The molecular weight excluding hydrogens is 554 g/mol. The molecule has 1 aromatic carbocycles. The lowest BCUT2D eigenvalue weighted by Crippen LogP contribution is -2.34. The van der Waals surface area contributed by atoms with E-state index in [1.54, 1.807) is 33.0 Å². The second-order valence-electron chi connectivity index (χ2n) is 7.48. The van der Waals surface area contributed by atoms with Crippen molar-refractivity contribution in [2.45, 2.75) is 13.8 Å². The van der Waals surface area contributed by atoms with E-state index in [1.807, 2.05) is 6.07 Å². The number of halogens is 2. The number of pyridine rings is 1. The lowest BCUT2D eigenvalue weighted by Gasteiger charge is -2.16. The molecule has 0 atom stereocenters. The van der Waals surface area contributed by atoms with Gasteiger partial charge in [-0.25, -0.2) is 15.1 Å². The number of likely N-dealkylation sites (N-methyl/N-ethyl adjacent to an activating group) is 1. The summed E-state index contributed by atoms with van der Waals surface area (Å²) >= 11 is 9.49. The van der Waals surface area contributed by atoms with Crippen LogP contribution in [-0.2, 0) is 9.63 Å². The first kappa shape index (κ1) is 26.8. The van der Waals surface area contributed by atoms with Crippen molar-refractivity contribution in [3.05, 3.63) is 68.5 Å². The van der Waals surface area contributed by atoms with Gasteiger partial charge in [-0.3, -0.25) is 19.2 Å². The van der Waals surface area contributed by atoms with Crippen LogP contribution in [0.4, 0.5) is 5.69 Å². The Bertz CT molecular complexity index is 1370. The normalized spacial score (nSPS) is 10.4. The minimum absolute atomic E-state index is 0.0304. The predicted molar refractivity (Wildman–Crippen MR) is 135 cm³/mol. The maximum Gasteiger partial charge on any atom is 0.277 e. The average Bonchev–Trinajstić information content (AvgIpc) is 3.25. The van der Waals surface area contributed by atoms with Crippen molar-refractivity contribution in [2.75, 3.05) is 25.5 Å². The third-order valence-electron chi connectivity index (χ3n) is 5.06. The molecule has 2 N–H and O–H groups in total. The number of aromatic nitrogens is 3. The van der Waals surface area contributed by atoms with Crippen LogP contribution in [0.5, 0.6) is 0 Å². The fourth-order valence-corrected chi connectivity index (χ4v) is 3.66. The molecule has 13 heteroatoms. The van der Waals surface area contributed by atoms with E-state index in [1.165, 1.54) is 34.0 Å². The molecular formula is C23H21BrClN7O4. The first-order valence-electron chi connectivity index (χ1n) is 10.5. The summed E-state index contributed by atoms with van der Waals surface area (Å²) in [5.41, 5.74) is 3.04. The van der Waals surface area contributed by atoms with Crippen LogP contribution in [0.3, 0.4) is 0 Å². The molecule has 0 unspecified atom stereocenters. The molecule has 0 aliphatic carbocycles. The SMILES string of the molecule is CCN(C)C(=O)CONC(=O)c1cc(C#N)cc(C)c1NC(=O)c1cc(Br)nn1-c1ncccc1Cl. The van der Waals surface area contributed by atoms with E-state index in [9.17, 15) is 19.6 Å². The zero-order valence-electron chi connectivity index (χ0n) is 19.5. The number of hydrogen-bond donors (Lipinski definition) is 2. The predicted octanol–water partition coefficient (Wildman–Crippen LogP) is 3.26. The number of amides is 3. The topological polar surface area (TPSA) is 142 Å².